The van der Waals surface area contributed by atoms with Gasteiger partial charge in [-0.1, -0.05) is 77.4 Å². The van der Waals surface area contributed by atoms with Gasteiger partial charge in [0.25, 0.3) is 0 Å². The van der Waals surface area contributed by atoms with E-state index in [4.69, 9.17) is 0 Å². The summed E-state index contributed by atoms with van der Waals surface area (Å²) in [5, 5.41) is 0. The monoisotopic (exact) mass is 630 g/mol. The first-order valence-electron chi connectivity index (χ1n) is 17.8. The van der Waals surface area contributed by atoms with Crippen LogP contribution in [0.4, 0.5) is 11.4 Å². The van der Waals surface area contributed by atoms with Gasteiger partial charge in [-0.25, -0.2) is 0 Å². The number of carbonyl (C=O) groups excluding carboxylic acids is 2. The molecule has 0 unspecified atom stereocenters. The number of aromatic nitrogens is 2. The molecule has 2 fully saturated rings. The maximum Gasteiger partial charge on any atom is 0.246 e. The van der Waals surface area contributed by atoms with E-state index in [0.717, 1.165) is 65.2 Å². The number of hydrogen-bond acceptors (Lipinski definition) is 6. The standard InChI is InChI=1S/2C19H29N3O/c2*1-2-3-4-5-6-7-8-9-19(23)22-16-14-21(15-17-22)18-10-12-20-13-11-18/h2*8-13H,2-7,14-17H2,1H3/b2*9-8+. The van der Waals surface area contributed by atoms with Gasteiger partial charge in [0.1, 0.15) is 0 Å². The molecule has 8 nitrogen and oxygen atoms in total. The predicted molar refractivity (Wildman–Crippen MR) is 191 cm³/mol. The van der Waals surface area contributed by atoms with E-state index in [9.17, 15) is 9.59 Å². The van der Waals surface area contributed by atoms with Gasteiger partial charge >= 0.3 is 0 Å². The maximum absolute atomic E-state index is 12.2. The molecule has 0 saturated carbocycles. The fraction of sp³-hybridized carbons (Fsp3) is 0.579. The Bertz CT molecular complexity index is 1050. The summed E-state index contributed by atoms with van der Waals surface area (Å²) in [6.07, 6.45) is 29.7. The zero-order chi connectivity index (χ0) is 32.7. The van der Waals surface area contributed by atoms with Crippen LogP contribution in [0.1, 0.15) is 90.9 Å². The Hall–Kier alpha value is -3.68. The minimum atomic E-state index is 0.160. The van der Waals surface area contributed by atoms with Crippen molar-refractivity contribution < 1.29 is 9.59 Å². The Morgan fingerprint density at radius 3 is 1.24 bits per heavy atom. The summed E-state index contributed by atoms with van der Waals surface area (Å²) in [5.74, 6) is 0.320. The van der Waals surface area contributed by atoms with Gasteiger partial charge in [-0.15, -0.1) is 0 Å². The Morgan fingerprint density at radius 2 is 0.891 bits per heavy atom. The lowest BCUT2D eigenvalue weighted by atomic mass is 10.1. The molecule has 2 aromatic heterocycles. The normalized spacial score (nSPS) is 15.3. The summed E-state index contributed by atoms with van der Waals surface area (Å²) in [6.45, 7) is 11.2. The van der Waals surface area contributed by atoms with E-state index >= 15 is 0 Å². The molecular weight excluding hydrogens is 572 g/mol. The minimum absolute atomic E-state index is 0.160. The Kier molecular flexibility index (Phi) is 18.2. The first-order chi connectivity index (χ1) is 22.6. The molecule has 0 spiro atoms. The highest BCUT2D eigenvalue weighted by Crippen LogP contribution is 2.16. The Morgan fingerprint density at radius 1 is 0.543 bits per heavy atom. The molecule has 46 heavy (non-hydrogen) atoms. The SMILES string of the molecule is CCCCCCC/C=C/C(=O)N1CCN(c2ccncc2)CC1.CCCCCCC/C=C/C(=O)N1CCN(c2ccncc2)CC1. The van der Waals surface area contributed by atoms with Gasteiger partial charge in [0.15, 0.2) is 0 Å². The highest BCUT2D eigenvalue weighted by molar-refractivity contribution is 5.88. The number of pyridine rings is 2. The zero-order valence-corrected chi connectivity index (χ0v) is 28.6. The van der Waals surface area contributed by atoms with Crippen LogP contribution in [0.25, 0.3) is 0 Å². The number of nitrogens with zero attached hydrogens (tertiary/aromatic N) is 6. The molecule has 252 valence electrons. The number of amides is 2. The van der Waals surface area contributed by atoms with Gasteiger partial charge in [0.05, 0.1) is 0 Å². The maximum atomic E-state index is 12.2. The molecule has 0 atom stereocenters. The lowest BCUT2D eigenvalue weighted by Gasteiger charge is -2.35. The second kappa shape index (κ2) is 22.8. The van der Waals surface area contributed by atoms with Gasteiger partial charge < -0.3 is 19.6 Å². The van der Waals surface area contributed by atoms with Crippen molar-refractivity contribution in [2.24, 2.45) is 0 Å². The number of piperazine rings is 2. The van der Waals surface area contributed by atoms with Crippen LogP contribution < -0.4 is 9.80 Å². The second-order valence-corrected chi connectivity index (χ2v) is 12.2. The molecular formula is C38H58N6O2. The summed E-state index contributed by atoms with van der Waals surface area (Å²) >= 11 is 0. The molecule has 0 radical (unpaired) electrons. The third-order valence-electron chi connectivity index (χ3n) is 8.71. The lowest BCUT2D eigenvalue weighted by molar-refractivity contribution is -0.127. The molecule has 0 bridgehead atoms. The van der Waals surface area contributed by atoms with Crippen molar-refractivity contribution in [1.29, 1.82) is 0 Å². The van der Waals surface area contributed by atoms with E-state index < -0.39 is 0 Å². The number of allylic oxidation sites excluding steroid dienone is 2. The number of carbonyl (C=O) groups is 2. The van der Waals surface area contributed by atoms with Crippen LogP contribution >= 0.6 is 0 Å². The summed E-state index contributed by atoms with van der Waals surface area (Å²) in [5.41, 5.74) is 2.38. The first-order valence-corrected chi connectivity index (χ1v) is 17.8. The largest absolute Gasteiger partial charge is 0.368 e. The van der Waals surface area contributed by atoms with Crippen LogP contribution in [0.2, 0.25) is 0 Å². The van der Waals surface area contributed by atoms with E-state index in [0.29, 0.717) is 0 Å². The number of hydrogen-bond donors (Lipinski definition) is 0. The predicted octanol–water partition coefficient (Wildman–Crippen LogP) is 7.29. The van der Waals surface area contributed by atoms with E-state index in [-0.39, 0.29) is 11.8 Å². The average molecular weight is 631 g/mol. The van der Waals surface area contributed by atoms with Crippen molar-refractivity contribution >= 4 is 23.2 Å². The molecule has 2 aliphatic heterocycles. The van der Waals surface area contributed by atoms with E-state index in [1.165, 1.54) is 75.6 Å². The molecule has 2 aliphatic rings. The Labute approximate surface area is 278 Å². The second-order valence-electron chi connectivity index (χ2n) is 12.2. The van der Waals surface area contributed by atoms with Crippen LogP contribution in [0, 0.1) is 0 Å². The summed E-state index contributed by atoms with van der Waals surface area (Å²) < 4.78 is 0. The van der Waals surface area contributed by atoms with Gasteiger partial charge in [-0.3, -0.25) is 19.6 Å². The third-order valence-corrected chi connectivity index (χ3v) is 8.71. The van der Waals surface area contributed by atoms with Crippen molar-refractivity contribution in [3.8, 4) is 0 Å². The molecule has 0 aromatic carbocycles. The molecule has 8 heteroatoms. The fourth-order valence-corrected chi connectivity index (χ4v) is 5.79. The van der Waals surface area contributed by atoms with Crippen LogP contribution in [-0.2, 0) is 9.59 Å². The quantitative estimate of drug-likeness (QED) is 0.143. The highest BCUT2D eigenvalue weighted by atomic mass is 16.2. The minimum Gasteiger partial charge on any atom is -0.368 e. The first kappa shape index (κ1) is 36.8. The number of anilines is 2. The molecule has 4 rings (SSSR count). The summed E-state index contributed by atoms with van der Waals surface area (Å²) in [6, 6.07) is 8.09. The van der Waals surface area contributed by atoms with Crippen LogP contribution in [0.5, 0.6) is 0 Å². The number of rotatable bonds is 16. The van der Waals surface area contributed by atoms with Crippen molar-refractivity contribution in [2.45, 2.75) is 90.9 Å². The highest BCUT2D eigenvalue weighted by Gasteiger charge is 2.20. The van der Waals surface area contributed by atoms with E-state index in [1.54, 1.807) is 12.2 Å². The summed E-state index contributed by atoms with van der Waals surface area (Å²) in [7, 11) is 0. The topological polar surface area (TPSA) is 72.9 Å². The van der Waals surface area contributed by atoms with Crippen molar-refractivity contribution in [2.75, 3.05) is 62.2 Å². The smallest absolute Gasteiger partial charge is 0.246 e. The van der Waals surface area contributed by atoms with Crippen molar-refractivity contribution in [3.05, 3.63) is 73.4 Å². The van der Waals surface area contributed by atoms with Crippen LogP contribution in [0.3, 0.4) is 0 Å². The summed E-state index contributed by atoms with van der Waals surface area (Å²) in [4.78, 5) is 41.0. The van der Waals surface area contributed by atoms with Gasteiger partial charge in [0, 0.05) is 88.5 Å². The van der Waals surface area contributed by atoms with Gasteiger partial charge in [-0.05, 0) is 62.1 Å². The van der Waals surface area contributed by atoms with E-state index in [1.807, 2.05) is 71.0 Å². The fourth-order valence-electron chi connectivity index (χ4n) is 5.79. The molecule has 2 saturated heterocycles. The molecule has 2 aromatic rings. The molecule has 0 N–H and O–H groups in total. The molecule has 2 amide bonds. The van der Waals surface area contributed by atoms with Crippen LogP contribution in [0.15, 0.2) is 73.4 Å². The van der Waals surface area contributed by atoms with Crippen molar-refractivity contribution in [3.63, 3.8) is 0 Å². The van der Waals surface area contributed by atoms with Gasteiger partial charge in [0.2, 0.25) is 11.8 Å². The lowest BCUT2D eigenvalue weighted by Crippen LogP contribution is -2.48. The van der Waals surface area contributed by atoms with Crippen molar-refractivity contribution in [1.82, 2.24) is 19.8 Å². The Balaban J connectivity index is 0.000000250. The van der Waals surface area contributed by atoms with Crippen LogP contribution in [-0.4, -0.2) is 83.9 Å². The van der Waals surface area contributed by atoms with Gasteiger partial charge in [-0.2, -0.15) is 0 Å². The third kappa shape index (κ3) is 14.2. The molecule has 0 aliphatic carbocycles. The zero-order valence-electron chi connectivity index (χ0n) is 28.6. The molecule has 4 heterocycles. The average Bonchev–Trinajstić information content (AvgIpc) is 3.12. The number of unbranched alkanes of at least 4 members (excludes halogenated alkanes) is 10. The van der Waals surface area contributed by atoms with E-state index in [2.05, 4.69) is 33.6 Å².